The van der Waals surface area contributed by atoms with E-state index in [-0.39, 0.29) is 16.5 Å². The number of amides is 1. The number of hydrogen-bond acceptors (Lipinski definition) is 6. The molecule has 1 amide bonds. The van der Waals surface area contributed by atoms with Crippen molar-refractivity contribution in [1.82, 2.24) is 4.98 Å². The van der Waals surface area contributed by atoms with Crippen molar-refractivity contribution in [2.75, 3.05) is 12.4 Å². The molecule has 0 aliphatic carbocycles. The Hall–Kier alpha value is -2.46. The predicted octanol–water partition coefficient (Wildman–Crippen LogP) is 2.93. The van der Waals surface area contributed by atoms with Crippen molar-refractivity contribution in [2.24, 2.45) is 5.16 Å². The van der Waals surface area contributed by atoms with Crippen LogP contribution in [-0.4, -0.2) is 29.0 Å². The van der Waals surface area contributed by atoms with E-state index in [4.69, 9.17) is 11.6 Å². The lowest BCUT2D eigenvalue weighted by atomic mass is 10.2. The maximum Gasteiger partial charge on any atom is 0.276 e. The molecule has 1 aromatic carbocycles. The molecule has 0 aliphatic rings. The molecule has 0 unspecified atom stereocenters. The summed E-state index contributed by atoms with van der Waals surface area (Å²) >= 11 is 6.20. The highest BCUT2D eigenvalue weighted by atomic mass is 35.5. The molecule has 11 heteroatoms. The van der Waals surface area contributed by atoms with E-state index in [0.717, 1.165) is 17.4 Å². The first-order valence-electron chi connectivity index (χ1n) is 6.07. The smallest absolute Gasteiger partial charge is 0.276 e. The number of nitrogens with one attached hydrogen (secondary N) is 1. The molecule has 0 saturated carbocycles. The third kappa shape index (κ3) is 3.71. The average Bonchev–Trinajstić information content (AvgIpc) is 2.98. The van der Waals surface area contributed by atoms with Gasteiger partial charge in [-0.15, -0.1) is 11.3 Å². The average molecular weight is 378 g/mol. The van der Waals surface area contributed by atoms with Crippen LogP contribution in [0.3, 0.4) is 0 Å². The van der Waals surface area contributed by atoms with Crippen molar-refractivity contribution in [2.45, 2.75) is 0 Å². The number of oxime groups is 1. The standard InChI is InChI=1S/C13H7ClF3N3O3S/c1-23-20-10(11(14)21)7-4-24-13(18-7)19-12(22)5-2-3-6(15)9(17)8(5)16/h2-4H,1H3,(H,18,19,22)/b20-10-. The predicted molar refractivity (Wildman–Crippen MR) is 80.8 cm³/mol. The Kier molecular flexibility index (Phi) is 5.52. The van der Waals surface area contributed by atoms with E-state index < -0.39 is 34.2 Å². The van der Waals surface area contributed by atoms with Gasteiger partial charge < -0.3 is 4.84 Å². The van der Waals surface area contributed by atoms with Gasteiger partial charge in [-0.3, -0.25) is 14.9 Å². The number of carbonyl (C=O) groups is 2. The summed E-state index contributed by atoms with van der Waals surface area (Å²) < 4.78 is 39.6. The van der Waals surface area contributed by atoms with E-state index in [0.29, 0.717) is 6.07 Å². The van der Waals surface area contributed by atoms with Gasteiger partial charge in [-0.05, 0) is 23.7 Å². The molecule has 2 aromatic rings. The molecule has 0 saturated heterocycles. The molecule has 0 fully saturated rings. The third-order valence-electron chi connectivity index (χ3n) is 2.62. The lowest BCUT2D eigenvalue weighted by Crippen LogP contribution is -2.16. The molecule has 6 nitrogen and oxygen atoms in total. The number of anilines is 1. The normalized spacial score (nSPS) is 11.3. The number of rotatable bonds is 5. The summed E-state index contributed by atoms with van der Waals surface area (Å²) in [4.78, 5) is 31.4. The van der Waals surface area contributed by atoms with E-state index in [1.807, 2.05) is 0 Å². The highest BCUT2D eigenvalue weighted by Crippen LogP contribution is 2.20. The lowest BCUT2D eigenvalue weighted by molar-refractivity contribution is -0.106. The summed E-state index contributed by atoms with van der Waals surface area (Å²) in [6.07, 6.45) is 0. The van der Waals surface area contributed by atoms with Gasteiger partial charge in [0.15, 0.2) is 28.3 Å². The number of hydrogen-bond donors (Lipinski definition) is 1. The monoisotopic (exact) mass is 377 g/mol. The van der Waals surface area contributed by atoms with Crippen molar-refractivity contribution in [1.29, 1.82) is 0 Å². The first kappa shape index (κ1) is 17.9. The van der Waals surface area contributed by atoms with Gasteiger partial charge in [0.1, 0.15) is 12.8 Å². The Morgan fingerprint density at radius 1 is 1.29 bits per heavy atom. The van der Waals surface area contributed by atoms with Crippen molar-refractivity contribution < 1.29 is 27.6 Å². The lowest BCUT2D eigenvalue weighted by Gasteiger charge is -2.04. The molecular formula is C13H7ClF3N3O3S. The largest absolute Gasteiger partial charge is 0.398 e. The summed E-state index contributed by atoms with van der Waals surface area (Å²) in [5, 5.41) is 5.95. The van der Waals surface area contributed by atoms with E-state index in [1.54, 1.807) is 0 Å². The summed E-state index contributed by atoms with van der Waals surface area (Å²) in [5.74, 6) is -5.84. The minimum absolute atomic E-state index is 0.0166. The van der Waals surface area contributed by atoms with Crippen LogP contribution in [-0.2, 0) is 9.63 Å². The Morgan fingerprint density at radius 3 is 2.62 bits per heavy atom. The summed E-state index contributed by atoms with van der Waals surface area (Å²) in [5.41, 5.74) is -0.984. The minimum Gasteiger partial charge on any atom is -0.398 e. The molecular weight excluding hydrogens is 371 g/mol. The van der Waals surface area contributed by atoms with E-state index in [1.165, 1.54) is 12.5 Å². The molecule has 0 spiro atoms. The number of carbonyl (C=O) groups excluding carboxylic acids is 2. The van der Waals surface area contributed by atoms with Crippen molar-refractivity contribution in [3.05, 3.63) is 46.2 Å². The first-order valence-corrected chi connectivity index (χ1v) is 7.32. The maximum atomic E-state index is 13.6. The fraction of sp³-hybridized carbons (Fsp3) is 0.0769. The highest BCUT2D eigenvalue weighted by Gasteiger charge is 2.21. The fourth-order valence-corrected chi connectivity index (χ4v) is 2.40. The van der Waals surface area contributed by atoms with Gasteiger partial charge in [-0.1, -0.05) is 5.16 Å². The molecule has 1 aromatic heterocycles. The zero-order valence-electron chi connectivity index (χ0n) is 11.8. The summed E-state index contributed by atoms with van der Waals surface area (Å²) in [6.45, 7) is 0. The number of benzene rings is 1. The van der Waals surface area contributed by atoms with Crippen molar-refractivity contribution >= 4 is 44.9 Å². The third-order valence-corrected chi connectivity index (χ3v) is 3.55. The quantitative estimate of drug-likeness (QED) is 0.376. The van der Waals surface area contributed by atoms with Gasteiger partial charge in [0.2, 0.25) is 0 Å². The zero-order chi connectivity index (χ0) is 17.9. The van der Waals surface area contributed by atoms with Crippen LogP contribution in [0, 0.1) is 17.5 Å². The summed E-state index contributed by atoms with van der Waals surface area (Å²) in [7, 11) is 1.20. The number of nitrogens with zero attached hydrogens (tertiary/aromatic N) is 2. The van der Waals surface area contributed by atoms with Crippen LogP contribution in [0.1, 0.15) is 16.1 Å². The van der Waals surface area contributed by atoms with Gasteiger partial charge >= 0.3 is 0 Å². The summed E-state index contributed by atoms with van der Waals surface area (Å²) in [6, 6.07) is 1.41. The second-order valence-electron chi connectivity index (χ2n) is 4.11. The second-order valence-corrected chi connectivity index (χ2v) is 5.31. The van der Waals surface area contributed by atoms with Gasteiger partial charge in [0.25, 0.3) is 11.1 Å². The molecule has 0 atom stereocenters. The zero-order valence-corrected chi connectivity index (χ0v) is 13.3. The minimum atomic E-state index is -1.76. The van der Waals surface area contributed by atoms with Crippen molar-refractivity contribution in [3.8, 4) is 0 Å². The van der Waals surface area contributed by atoms with Crippen LogP contribution < -0.4 is 5.32 Å². The van der Waals surface area contributed by atoms with E-state index in [2.05, 4.69) is 20.3 Å². The molecule has 1 N–H and O–H groups in total. The Bertz CT molecular complexity index is 841. The Labute approximate surface area is 141 Å². The van der Waals surface area contributed by atoms with Gasteiger partial charge in [-0.2, -0.15) is 0 Å². The van der Waals surface area contributed by atoms with Crippen LogP contribution in [0.5, 0.6) is 0 Å². The van der Waals surface area contributed by atoms with Gasteiger partial charge in [0.05, 0.1) is 5.56 Å². The molecule has 0 bridgehead atoms. The molecule has 0 radical (unpaired) electrons. The van der Waals surface area contributed by atoms with E-state index in [9.17, 15) is 22.8 Å². The van der Waals surface area contributed by atoms with Crippen LogP contribution >= 0.6 is 22.9 Å². The van der Waals surface area contributed by atoms with Crippen LogP contribution in [0.25, 0.3) is 0 Å². The molecule has 126 valence electrons. The van der Waals surface area contributed by atoms with Crippen LogP contribution in [0.15, 0.2) is 22.7 Å². The first-order chi connectivity index (χ1) is 11.3. The fourth-order valence-electron chi connectivity index (χ4n) is 1.58. The number of halogens is 4. The maximum absolute atomic E-state index is 13.6. The topological polar surface area (TPSA) is 80.6 Å². The van der Waals surface area contributed by atoms with Crippen molar-refractivity contribution in [3.63, 3.8) is 0 Å². The number of thiazole rings is 1. The number of aromatic nitrogens is 1. The van der Waals surface area contributed by atoms with Gasteiger partial charge in [-0.25, -0.2) is 18.2 Å². The SMILES string of the molecule is CO/N=C(\C(=O)Cl)c1csc(NC(=O)c2ccc(F)c(F)c2F)n1. The molecule has 1 heterocycles. The molecule has 2 rings (SSSR count). The highest BCUT2D eigenvalue weighted by molar-refractivity contribution is 7.14. The van der Waals surface area contributed by atoms with E-state index >= 15 is 0 Å². The second kappa shape index (κ2) is 7.41. The van der Waals surface area contributed by atoms with Crippen LogP contribution in [0.4, 0.5) is 18.3 Å². The Balaban J connectivity index is 2.24. The van der Waals surface area contributed by atoms with Crippen LogP contribution in [0.2, 0.25) is 0 Å². The van der Waals surface area contributed by atoms with Gasteiger partial charge in [0, 0.05) is 5.38 Å². The molecule has 24 heavy (non-hydrogen) atoms. The Morgan fingerprint density at radius 2 is 2.00 bits per heavy atom. The molecule has 0 aliphatic heterocycles.